The Balaban J connectivity index is 1.78. The van der Waals surface area contributed by atoms with Crippen LogP contribution in [0.3, 0.4) is 0 Å². The Morgan fingerprint density at radius 2 is 1.50 bits per heavy atom. The van der Waals surface area contributed by atoms with Gasteiger partial charge in [-0.3, -0.25) is 4.99 Å². The van der Waals surface area contributed by atoms with Crippen LogP contribution in [0.15, 0.2) is 53.5 Å². The summed E-state index contributed by atoms with van der Waals surface area (Å²) in [5.41, 5.74) is 2.46. The lowest BCUT2D eigenvalue weighted by atomic mass is 10.2. The van der Waals surface area contributed by atoms with Gasteiger partial charge in [0.25, 0.3) is 0 Å². The molecule has 2 aromatic carbocycles. The van der Waals surface area contributed by atoms with E-state index in [1.807, 2.05) is 36.0 Å². The van der Waals surface area contributed by atoms with Crippen molar-refractivity contribution in [2.24, 2.45) is 4.99 Å². The fraction of sp³-hybridized carbons (Fsp3) is 0.381. The van der Waals surface area contributed by atoms with Gasteiger partial charge in [0.05, 0.1) is 25.8 Å². The molecule has 0 aromatic heterocycles. The number of rotatable bonds is 10. The van der Waals surface area contributed by atoms with Gasteiger partial charge in [0.2, 0.25) is 0 Å². The summed E-state index contributed by atoms with van der Waals surface area (Å²) in [6, 6.07) is 16.3. The molecular weight excluding hydrogens is 344 g/mol. The summed E-state index contributed by atoms with van der Waals surface area (Å²) in [6.45, 7) is 4.65. The van der Waals surface area contributed by atoms with E-state index in [4.69, 9.17) is 14.5 Å². The van der Waals surface area contributed by atoms with Gasteiger partial charge in [0, 0.05) is 19.5 Å². The number of methoxy groups -OCH3 is 2. The Morgan fingerprint density at radius 3 is 2.04 bits per heavy atom. The lowest BCUT2D eigenvalue weighted by molar-refractivity contribution is 0.414. The summed E-state index contributed by atoms with van der Waals surface area (Å²) in [5.74, 6) is 2.81. The first-order valence-corrected chi connectivity index (χ1v) is 9.86. The second kappa shape index (κ2) is 11.6. The Bertz CT molecular complexity index is 669. The smallest absolute Gasteiger partial charge is 0.118 e. The SMILES string of the molecule is CCSC(CCNCc1ccc(OC)cc1)=NCc1ccc(OC)cc1. The molecule has 0 spiro atoms. The predicted molar refractivity (Wildman–Crippen MR) is 112 cm³/mol. The van der Waals surface area contributed by atoms with Gasteiger partial charge in [-0.2, -0.15) is 0 Å². The molecule has 0 bridgehead atoms. The van der Waals surface area contributed by atoms with Gasteiger partial charge in [-0.15, -0.1) is 11.8 Å². The number of hydrogen-bond donors (Lipinski definition) is 1. The molecule has 0 aliphatic carbocycles. The lowest BCUT2D eigenvalue weighted by Crippen LogP contribution is -2.17. The van der Waals surface area contributed by atoms with Crippen LogP contribution in [-0.4, -0.2) is 31.6 Å². The van der Waals surface area contributed by atoms with Gasteiger partial charge < -0.3 is 14.8 Å². The summed E-state index contributed by atoms with van der Waals surface area (Å²) in [5, 5.41) is 4.69. The fourth-order valence-corrected chi connectivity index (χ4v) is 3.18. The molecule has 26 heavy (non-hydrogen) atoms. The van der Waals surface area contributed by atoms with E-state index < -0.39 is 0 Å². The monoisotopic (exact) mass is 372 g/mol. The molecule has 4 nitrogen and oxygen atoms in total. The number of aliphatic imine (C=N–C) groups is 1. The molecule has 140 valence electrons. The third-order valence-electron chi connectivity index (χ3n) is 3.91. The van der Waals surface area contributed by atoms with E-state index in [-0.39, 0.29) is 0 Å². The van der Waals surface area contributed by atoms with Crippen molar-refractivity contribution in [2.45, 2.75) is 26.4 Å². The zero-order valence-electron chi connectivity index (χ0n) is 15.8. The van der Waals surface area contributed by atoms with E-state index in [0.29, 0.717) is 6.54 Å². The van der Waals surface area contributed by atoms with Gasteiger partial charge in [0.1, 0.15) is 11.5 Å². The molecule has 2 aromatic rings. The molecule has 0 heterocycles. The zero-order chi connectivity index (χ0) is 18.6. The van der Waals surface area contributed by atoms with Crippen molar-refractivity contribution in [3.8, 4) is 11.5 Å². The highest BCUT2D eigenvalue weighted by molar-refractivity contribution is 8.13. The van der Waals surface area contributed by atoms with Crippen molar-refractivity contribution in [1.82, 2.24) is 5.32 Å². The maximum atomic E-state index is 5.19. The fourth-order valence-electron chi connectivity index (χ4n) is 2.45. The Kier molecular flexibility index (Phi) is 9.07. The van der Waals surface area contributed by atoms with Crippen LogP contribution < -0.4 is 14.8 Å². The van der Waals surface area contributed by atoms with Gasteiger partial charge >= 0.3 is 0 Å². The highest BCUT2D eigenvalue weighted by atomic mass is 32.2. The summed E-state index contributed by atoms with van der Waals surface area (Å²) < 4.78 is 10.4. The van der Waals surface area contributed by atoms with Gasteiger partial charge in [-0.25, -0.2) is 0 Å². The summed E-state index contributed by atoms with van der Waals surface area (Å²) in [7, 11) is 3.37. The molecule has 0 saturated heterocycles. The van der Waals surface area contributed by atoms with Crippen molar-refractivity contribution in [3.63, 3.8) is 0 Å². The number of nitrogens with one attached hydrogen (secondary N) is 1. The predicted octanol–water partition coefficient (Wildman–Crippen LogP) is 4.54. The van der Waals surface area contributed by atoms with E-state index in [0.717, 1.165) is 36.8 Å². The van der Waals surface area contributed by atoms with Crippen LogP contribution >= 0.6 is 11.8 Å². The van der Waals surface area contributed by atoms with Crippen LogP contribution in [0.25, 0.3) is 0 Å². The second-order valence-corrected chi connectivity index (χ2v) is 7.10. The van der Waals surface area contributed by atoms with Crippen LogP contribution in [-0.2, 0) is 13.1 Å². The van der Waals surface area contributed by atoms with E-state index in [1.54, 1.807) is 14.2 Å². The highest BCUT2D eigenvalue weighted by Gasteiger charge is 2.01. The number of hydrogen-bond acceptors (Lipinski definition) is 5. The van der Waals surface area contributed by atoms with E-state index in [1.165, 1.54) is 16.2 Å². The maximum absolute atomic E-state index is 5.19. The van der Waals surface area contributed by atoms with Crippen molar-refractivity contribution >= 4 is 16.8 Å². The molecule has 0 aliphatic rings. The van der Waals surface area contributed by atoms with E-state index in [2.05, 4.69) is 36.5 Å². The Hall–Kier alpha value is -1.98. The molecule has 0 atom stereocenters. The first-order valence-electron chi connectivity index (χ1n) is 8.87. The largest absolute Gasteiger partial charge is 0.497 e. The number of benzene rings is 2. The van der Waals surface area contributed by atoms with Crippen LogP contribution in [0.5, 0.6) is 11.5 Å². The van der Waals surface area contributed by atoms with Crippen LogP contribution in [0.1, 0.15) is 24.5 Å². The molecule has 1 N–H and O–H groups in total. The van der Waals surface area contributed by atoms with Crippen molar-refractivity contribution < 1.29 is 9.47 Å². The normalized spacial score (nSPS) is 11.4. The summed E-state index contributed by atoms with van der Waals surface area (Å²) in [4.78, 5) is 4.79. The molecule has 0 aliphatic heterocycles. The van der Waals surface area contributed by atoms with Crippen molar-refractivity contribution in [1.29, 1.82) is 0 Å². The van der Waals surface area contributed by atoms with Gasteiger partial charge in [0.15, 0.2) is 0 Å². The third kappa shape index (κ3) is 7.10. The molecular formula is C21H28N2O2S. The summed E-state index contributed by atoms with van der Waals surface area (Å²) in [6.07, 6.45) is 0.949. The Morgan fingerprint density at radius 1 is 0.923 bits per heavy atom. The highest BCUT2D eigenvalue weighted by Crippen LogP contribution is 2.14. The van der Waals surface area contributed by atoms with Crippen molar-refractivity contribution in [2.75, 3.05) is 26.5 Å². The topological polar surface area (TPSA) is 42.8 Å². The molecule has 0 amide bonds. The number of thioether (sulfide) groups is 1. The quantitative estimate of drug-likeness (QED) is 0.378. The van der Waals surface area contributed by atoms with Crippen LogP contribution in [0.4, 0.5) is 0 Å². The Labute approximate surface area is 161 Å². The first-order chi connectivity index (χ1) is 12.7. The molecule has 0 unspecified atom stereocenters. The minimum atomic E-state index is 0.713. The van der Waals surface area contributed by atoms with Crippen LogP contribution in [0, 0.1) is 0 Å². The maximum Gasteiger partial charge on any atom is 0.118 e. The second-order valence-electron chi connectivity index (χ2n) is 5.77. The first kappa shape index (κ1) is 20.3. The zero-order valence-corrected chi connectivity index (χ0v) is 16.6. The molecule has 0 radical (unpaired) electrons. The molecule has 5 heteroatoms. The van der Waals surface area contributed by atoms with Gasteiger partial charge in [-0.05, 0) is 41.1 Å². The lowest BCUT2D eigenvalue weighted by Gasteiger charge is -2.08. The molecule has 0 fully saturated rings. The minimum absolute atomic E-state index is 0.713. The standard InChI is InChI=1S/C21H28N2O2S/c1-4-26-21(23-16-18-7-11-20(25-3)12-8-18)13-14-22-15-17-5-9-19(24-2)10-6-17/h5-12,22H,4,13-16H2,1-3H3. The molecule has 0 saturated carbocycles. The third-order valence-corrected chi connectivity index (χ3v) is 4.87. The van der Waals surface area contributed by atoms with Crippen LogP contribution in [0.2, 0.25) is 0 Å². The van der Waals surface area contributed by atoms with E-state index in [9.17, 15) is 0 Å². The van der Waals surface area contributed by atoms with Gasteiger partial charge in [-0.1, -0.05) is 31.2 Å². The van der Waals surface area contributed by atoms with Crippen molar-refractivity contribution in [3.05, 3.63) is 59.7 Å². The van der Waals surface area contributed by atoms with E-state index >= 15 is 0 Å². The average molecular weight is 373 g/mol. The number of nitrogens with zero attached hydrogens (tertiary/aromatic N) is 1. The minimum Gasteiger partial charge on any atom is -0.497 e. The number of ether oxygens (including phenoxy) is 2. The summed E-state index contributed by atoms with van der Waals surface area (Å²) >= 11 is 1.82. The molecule has 2 rings (SSSR count). The average Bonchev–Trinajstić information content (AvgIpc) is 2.70.